The van der Waals surface area contributed by atoms with Gasteiger partial charge in [0.25, 0.3) is 0 Å². The third-order valence-electron chi connectivity index (χ3n) is 4.56. The Morgan fingerprint density at radius 3 is 2.09 bits per heavy atom. The third kappa shape index (κ3) is 2.10. The molecule has 0 aromatic heterocycles. The Balaban J connectivity index is 2.24. The molecule has 0 heterocycles. The maximum Gasteiger partial charge on any atom is 0.194 e. The molecule has 0 radical (unpaired) electrons. The van der Waals surface area contributed by atoms with Gasteiger partial charge in [0.1, 0.15) is 0 Å². The Hall–Kier alpha value is -2.22. The van der Waals surface area contributed by atoms with E-state index in [2.05, 4.69) is 13.0 Å². The van der Waals surface area contributed by atoms with Gasteiger partial charge in [0, 0.05) is 22.3 Å². The number of hydrogen-bond donors (Lipinski definition) is 0. The highest BCUT2D eigenvalue weighted by atomic mass is 16.1. The quantitative estimate of drug-likeness (QED) is 0.716. The van der Waals surface area contributed by atoms with E-state index >= 15 is 0 Å². The summed E-state index contributed by atoms with van der Waals surface area (Å²) in [7, 11) is 0. The van der Waals surface area contributed by atoms with Gasteiger partial charge in [0.15, 0.2) is 11.6 Å². The molecule has 1 aliphatic rings. The molecule has 0 bridgehead atoms. The first-order valence-corrected chi connectivity index (χ1v) is 7.87. The first-order chi connectivity index (χ1) is 10.6. The van der Waals surface area contributed by atoms with Crippen molar-refractivity contribution in [3.8, 4) is 0 Å². The first kappa shape index (κ1) is 14.7. The number of rotatable bonds is 3. The second kappa shape index (κ2) is 5.53. The van der Waals surface area contributed by atoms with Crippen LogP contribution in [0.25, 0.3) is 0 Å². The molecule has 3 rings (SSSR count). The molecule has 2 aromatic rings. The highest BCUT2D eigenvalue weighted by molar-refractivity contribution is 6.29. The number of carbonyl (C=O) groups excluding carboxylic acids is 2. The van der Waals surface area contributed by atoms with Crippen molar-refractivity contribution in [3.63, 3.8) is 0 Å². The van der Waals surface area contributed by atoms with Crippen LogP contribution in [0.1, 0.15) is 68.3 Å². The Labute approximate surface area is 131 Å². The molecule has 2 nitrogen and oxygen atoms in total. The molecule has 0 saturated heterocycles. The van der Waals surface area contributed by atoms with Crippen molar-refractivity contribution in [3.05, 3.63) is 69.3 Å². The van der Waals surface area contributed by atoms with Crippen LogP contribution >= 0.6 is 0 Å². The van der Waals surface area contributed by atoms with Gasteiger partial charge in [-0.2, -0.15) is 0 Å². The van der Waals surface area contributed by atoms with E-state index in [0.29, 0.717) is 22.3 Å². The van der Waals surface area contributed by atoms with E-state index in [1.165, 1.54) is 5.56 Å². The average Bonchev–Trinajstić information content (AvgIpc) is 2.53. The third-order valence-corrected chi connectivity index (χ3v) is 4.56. The molecule has 0 spiro atoms. The molecule has 2 heteroatoms. The number of ketones is 2. The van der Waals surface area contributed by atoms with Crippen LogP contribution in [0.3, 0.4) is 0 Å². The Kier molecular flexibility index (Phi) is 3.69. The van der Waals surface area contributed by atoms with Gasteiger partial charge in [-0.1, -0.05) is 43.7 Å². The van der Waals surface area contributed by atoms with E-state index in [9.17, 15) is 9.59 Å². The number of aryl methyl sites for hydroxylation is 2. The van der Waals surface area contributed by atoms with Crippen LogP contribution in [0.5, 0.6) is 0 Å². The molecule has 112 valence electrons. The number of benzene rings is 2. The lowest BCUT2D eigenvalue weighted by Crippen LogP contribution is -2.24. The van der Waals surface area contributed by atoms with Crippen molar-refractivity contribution in [2.75, 3.05) is 0 Å². The number of hydrogen-bond acceptors (Lipinski definition) is 2. The van der Waals surface area contributed by atoms with E-state index in [-0.39, 0.29) is 11.6 Å². The van der Waals surface area contributed by atoms with Gasteiger partial charge in [-0.3, -0.25) is 9.59 Å². The zero-order chi connectivity index (χ0) is 15.9. The molecule has 0 fully saturated rings. The van der Waals surface area contributed by atoms with E-state index in [1.807, 2.05) is 26.0 Å². The monoisotopic (exact) mass is 292 g/mol. The van der Waals surface area contributed by atoms with Gasteiger partial charge in [0.2, 0.25) is 0 Å². The van der Waals surface area contributed by atoms with Crippen molar-refractivity contribution >= 4 is 11.6 Å². The summed E-state index contributed by atoms with van der Waals surface area (Å²) in [6.45, 7) is 6.07. The SMILES string of the molecule is CCCCc1cc(C)c2c(c1C)C(=O)c1ccccc1C2=O. The molecule has 22 heavy (non-hydrogen) atoms. The normalized spacial score (nSPS) is 13.0. The topological polar surface area (TPSA) is 34.1 Å². The largest absolute Gasteiger partial charge is 0.289 e. The minimum Gasteiger partial charge on any atom is -0.289 e. The Morgan fingerprint density at radius 2 is 1.50 bits per heavy atom. The molecule has 0 N–H and O–H groups in total. The molecule has 0 aliphatic heterocycles. The van der Waals surface area contributed by atoms with Crippen molar-refractivity contribution in [1.29, 1.82) is 0 Å². The van der Waals surface area contributed by atoms with Crippen LogP contribution < -0.4 is 0 Å². The fourth-order valence-corrected chi connectivity index (χ4v) is 3.34. The zero-order valence-electron chi connectivity index (χ0n) is 13.3. The summed E-state index contributed by atoms with van der Waals surface area (Å²) in [6.07, 6.45) is 3.17. The van der Waals surface area contributed by atoms with Crippen molar-refractivity contribution in [2.24, 2.45) is 0 Å². The van der Waals surface area contributed by atoms with Crippen molar-refractivity contribution in [1.82, 2.24) is 0 Å². The lowest BCUT2D eigenvalue weighted by molar-refractivity contribution is 0.0978. The van der Waals surface area contributed by atoms with Gasteiger partial charge in [-0.25, -0.2) is 0 Å². The summed E-state index contributed by atoms with van der Waals surface area (Å²) in [6, 6.07) is 9.22. The van der Waals surface area contributed by atoms with E-state index in [0.717, 1.165) is 30.4 Å². The smallest absolute Gasteiger partial charge is 0.194 e. The van der Waals surface area contributed by atoms with Gasteiger partial charge < -0.3 is 0 Å². The van der Waals surface area contributed by atoms with E-state index in [1.54, 1.807) is 12.1 Å². The molecule has 0 atom stereocenters. The molecule has 0 unspecified atom stereocenters. The van der Waals surface area contributed by atoms with Crippen LogP contribution in [0.15, 0.2) is 30.3 Å². The van der Waals surface area contributed by atoms with Crippen LogP contribution in [0.2, 0.25) is 0 Å². The van der Waals surface area contributed by atoms with Gasteiger partial charge in [-0.15, -0.1) is 0 Å². The highest BCUT2D eigenvalue weighted by Crippen LogP contribution is 2.33. The van der Waals surface area contributed by atoms with E-state index < -0.39 is 0 Å². The van der Waals surface area contributed by atoms with E-state index in [4.69, 9.17) is 0 Å². The Bertz CT molecular complexity index is 785. The van der Waals surface area contributed by atoms with Crippen molar-refractivity contribution in [2.45, 2.75) is 40.0 Å². The zero-order valence-corrected chi connectivity index (χ0v) is 13.3. The lowest BCUT2D eigenvalue weighted by atomic mass is 9.78. The molecular weight excluding hydrogens is 272 g/mol. The lowest BCUT2D eigenvalue weighted by Gasteiger charge is -2.23. The summed E-state index contributed by atoms with van der Waals surface area (Å²) in [5, 5.41) is 0. The molecule has 2 aromatic carbocycles. The molecule has 0 saturated carbocycles. The summed E-state index contributed by atoms with van der Waals surface area (Å²) in [5.74, 6) is -0.0306. The predicted molar refractivity (Wildman–Crippen MR) is 87.8 cm³/mol. The van der Waals surface area contributed by atoms with Crippen LogP contribution in [0, 0.1) is 13.8 Å². The second-order valence-electron chi connectivity index (χ2n) is 6.03. The minimum atomic E-state index is -0.0205. The summed E-state index contributed by atoms with van der Waals surface area (Å²) < 4.78 is 0. The van der Waals surface area contributed by atoms with Gasteiger partial charge in [0.05, 0.1) is 0 Å². The summed E-state index contributed by atoms with van der Waals surface area (Å²) >= 11 is 0. The summed E-state index contributed by atoms with van der Waals surface area (Å²) in [5.41, 5.74) is 5.37. The maximum absolute atomic E-state index is 12.9. The number of unbranched alkanes of at least 4 members (excludes halogenated alkanes) is 1. The molecular formula is C20H20O2. The first-order valence-electron chi connectivity index (χ1n) is 7.87. The summed E-state index contributed by atoms with van der Waals surface area (Å²) in [4.78, 5) is 25.7. The molecule has 0 amide bonds. The number of fused-ring (bicyclic) bond motifs is 2. The van der Waals surface area contributed by atoms with Crippen molar-refractivity contribution < 1.29 is 9.59 Å². The maximum atomic E-state index is 12.9. The minimum absolute atomic E-state index is 0.0100. The highest BCUT2D eigenvalue weighted by Gasteiger charge is 2.32. The standard InChI is InChI=1S/C20H20O2/c1-4-5-8-14-11-12(2)17-18(13(14)3)20(22)16-10-7-6-9-15(16)19(17)21/h6-7,9-11H,4-5,8H2,1-3H3. The van der Waals surface area contributed by atoms with Crippen LogP contribution in [-0.2, 0) is 6.42 Å². The molecule has 1 aliphatic carbocycles. The average molecular weight is 292 g/mol. The number of carbonyl (C=O) groups is 2. The van der Waals surface area contributed by atoms with Gasteiger partial charge in [-0.05, 0) is 43.4 Å². The fraction of sp³-hybridized carbons (Fsp3) is 0.300. The van der Waals surface area contributed by atoms with Gasteiger partial charge >= 0.3 is 0 Å². The Morgan fingerprint density at radius 1 is 0.909 bits per heavy atom. The van der Waals surface area contributed by atoms with Crippen LogP contribution in [0.4, 0.5) is 0 Å². The van der Waals surface area contributed by atoms with Crippen LogP contribution in [-0.4, -0.2) is 11.6 Å². The fourth-order valence-electron chi connectivity index (χ4n) is 3.34. The predicted octanol–water partition coefficient (Wildman–Crippen LogP) is 4.42. The second-order valence-corrected chi connectivity index (χ2v) is 6.03.